The number of ether oxygens (including phenoxy) is 3. The van der Waals surface area contributed by atoms with Crippen LogP contribution in [0.5, 0.6) is 34.5 Å². The third kappa shape index (κ3) is 17.0. The summed E-state index contributed by atoms with van der Waals surface area (Å²) < 4.78 is 71.8. The summed E-state index contributed by atoms with van der Waals surface area (Å²) in [7, 11) is 0. The van der Waals surface area contributed by atoms with Crippen LogP contribution in [0.25, 0.3) is 63.6 Å². The Hall–Kier alpha value is -9.44. The van der Waals surface area contributed by atoms with Gasteiger partial charge in [0.1, 0.15) is 60.1 Å². The van der Waals surface area contributed by atoms with Crippen LogP contribution in [0, 0.1) is 51.3 Å². The number of rotatable bonds is 24. The van der Waals surface area contributed by atoms with E-state index in [0.29, 0.717) is 67.5 Å². The van der Waals surface area contributed by atoms with Crippen molar-refractivity contribution in [1.29, 1.82) is 0 Å². The van der Waals surface area contributed by atoms with Crippen LogP contribution in [0.2, 0.25) is 5.02 Å². The predicted molar refractivity (Wildman–Crippen MR) is 415 cm³/mol. The van der Waals surface area contributed by atoms with Gasteiger partial charge in [0.2, 0.25) is 17.3 Å². The number of benzene rings is 9. The van der Waals surface area contributed by atoms with E-state index < -0.39 is 5.82 Å². The highest BCUT2D eigenvalue weighted by atomic mass is 35.5. The van der Waals surface area contributed by atoms with Crippen molar-refractivity contribution in [1.82, 2.24) is 14.7 Å². The number of aryl methyl sites for hydroxylation is 4. The first-order chi connectivity index (χ1) is 50.8. The Kier molecular flexibility index (Phi) is 23.2. The van der Waals surface area contributed by atoms with E-state index in [2.05, 4.69) is 14.7 Å². The molecule has 12 nitrogen and oxygen atoms in total. The summed E-state index contributed by atoms with van der Waals surface area (Å²) >= 11 is 10.3. The molecule has 105 heavy (non-hydrogen) atoms. The minimum absolute atomic E-state index is 0.0142. The topological polar surface area (TPSA) is 149 Å². The molecule has 3 aromatic heterocycles. The lowest BCUT2D eigenvalue weighted by molar-refractivity contribution is 0.0668. The number of ketones is 3. The number of aromatic hydroxyl groups is 3. The van der Waals surface area contributed by atoms with Crippen molar-refractivity contribution in [2.75, 3.05) is 98.7 Å². The summed E-state index contributed by atoms with van der Waals surface area (Å²) in [6, 6.07) is 53.9. The number of nitrogens with zero attached hydrogens (tertiary/aromatic N) is 3. The Morgan fingerprint density at radius 1 is 0.410 bits per heavy atom. The van der Waals surface area contributed by atoms with E-state index in [1.807, 2.05) is 130 Å². The van der Waals surface area contributed by atoms with Crippen LogP contribution in [0.1, 0.15) is 68.0 Å². The minimum atomic E-state index is -0.459. The van der Waals surface area contributed by atoms with Gasteiger partial charge in [-0.1, -0.05) is 83.9 Å². The fraction of sp³-hybridized carbons (Fsp3) is 0.259. The van der Waals surface area contributed by atoms with Gasteiger partial charge >= 0.3 is 0 Å². The van der Waals surface area contributed by atoms with Crippen molar-refractivity contribution in [3.63, 3.8) is 0 Å². The van der Waals surface area contributed by atoms with Gasteiger partial charge in [0, 0.05) is 145 Å². The average Bonchev–Trinajstić information content (AvgIpc) is 1.64. The van der Waals surface area contributed by atoms with E-state index in [-0.39, 0.29) is 72.4 Å². The summed E-state index contributed by atoms with van der Waals surface area (Å²) in [4.78, 5) is 49.2. The van der Waals surface area contributed by atoms with Gasteiger partial charge in [-0.25, -0.2) is 4.39 Å². The standard InChI is InChI=1S/C29H28FNO3S.C28H25ClFNO3S.C28H25F2NO3S/c1-18-3-9-24(19(2)13-18)28(33)29-27(25-10-6-22(32)14-26(25)35-29)21-4-7-23(8-5-21)34-12-11-31-16-20(15-30)17-31;1-17-2-5-20(29)12-24(17)27(33)28-26(23-9-6-21(32)13-25(23)35-28)19-3-7-22(8-4-19)34-11-10-31-15-18(14-30)16-31;1-17-2-5-20(30)12-24(17)27(33)28-26(23-9-6-21(32)13-25(23)35-28)19-3-7-22(8-4-19)34-11-10-31-15-18(14-29)16-31/h3-10,13-14,20,32H,11-12,15-17H2,1-2H3;2*2-9,12-13,18,32H,10-11,14-16H2,1H3. The number of halogens is 5. The van der Waals surface area contributed by atoms with Gasteiger partial charge in [0.25, 0.3) is 0 Å². The Bertz CT molecular complexity index is 4930. The van der Waals surface area contributed by atoms with Gasteiger partial charge in [-0.05, 0) is 176 Å². The molecule has 0 amide bonds. The van der Waals surface area contributed by atoms with Crippen LogP contribution in [0.3, 0.4) is 0 Å². The summed E-state index contributed by atoms with van der Waals surface area (Å²) in [5, 5.41) is 33.2. The normalized spacial score (nSPS) is 14.3. The van der Waals surface area contributed by atoms with Gasteiger partial charge in [-0.2, -0.15) is 0 Å². The SMILES string of the molecule is Cc1ccc(C(=O)c2sc3cc(O)ccc3c2-c2ccc(OCCN3CC(CF)C3)cc2)c(C)c1.Cc1ccc(Cl)cc1C(=O)c1sc2cc(O)ccc2c1-c1ccc(OCCN2CC(CF)C2)cc1.Cc1ccc(F)cc1C(=O)c1sc2cc(O)ccc2c1-c1ccc(OCCN2CC(CF)C2)cc1. The molecule has 20 heteroatoms. The third-order valence-electron chi connectivity index (χ3n) is 19.4. The number of phenolic OH excluding ortho intramolecular Hbond substituents is 3. The van der Waals surface area contributed by atoms with Gasteiger partial charge in [0.05, 0.1) is 34.7 Å². The van der Waals surface area contributed by atoms with E-state index in [0.717, 1.165) is 151 Å². The molecule has 0 saturated carbocycles. The number of alkyl halides is 3. The highest BCUT2D eigenvalue weighted by Gasteiger charge is 2.30. The third-order valence-corrected chi connectivity index (χ3v) is 23.1. The Balaban J connectivity index is 0.000000140. The number of thiophene rings is 3. The molecule has 3 N–H and O–H groups in total. The van der Waals surface area contributed by atoms with Gasteiger partial charge in [-0.3, -0.25) is 42.3 Å². The second-order valence-electron chi connectivity index (χ2n) is 27.1. The van der Waals surface area contributed by atoms with E-state index in [4.69, 9.17) is 25.8 Å². The van der Waals surface area contributed by atoms with Crippen LogP contribution in [0.4, 0.5) is 17.6 Å². The quantitative estimate of drug-likeness (QED) is 0.0390. The van der Waals surface area contributed by atoms with Crippen LogP contribution in [-0.4, -0.2) is 146 Å². The number of hydrogen-bond acceptors (Lipinski definition) is 15. The van der Waals surface area contributed by atoms with Crippen molar-refractivity contribution in [3.8, 4) is 67.9 Å². The summed E-state index contributed by atoms with van der Waals surface area (Å²) in [5.74, 6) is 2.36. The molecule has 0 radical (unpaired) electrons. The van der Waals surface area contributed by atoms with Crippen LogP contribution < -0.4 is 14.2 Å². The summed E-state index contributed by atoms with van der Waals surface area (Å²) in [5.41, 5.74) is 10.3. The highest BCUT2D eigenvalue weighted by molar-refractivity contribution is 7.22. The van der Waals surface area contributed by atoms with E-state index in [1.165, 1.54) is 46.1 Å². The Morgan fingerprint density at radius 2 is 0.752 bits per heavy atom. The van der Waals surface area contributed by atoms with Crippen LogP contribution >= 0.6 is 45.6 Å². The molecule has 3 aliphatic heterocycles. The lowest BCUT2D eigenvalue weighted by Crippen LogP contribution is -2.49. The van der Waals surface area contributed by atoms with Crippen LogP contribution in [0.15, 0.2) is 182 Å². The zero-order chi connectivity index (χ0) is 73.6. The zero-order valence-corrected chi connectivity index (χ0v) is 61.6. The maximum Gasteiger partial charge on any atom is 0.203 e. The van der Waals surface area contributed by atoms with E-state index >= 15 is 0 Å². The second kappa shape index (κ2) is 32.9. The second-order valence-corrected chi connectivity index (χ2v) is 30.7. The molecule has 0 atom stereocenters. The fourth-order valence-electron chi connectivity index (χ4n) is 13.6. The average molecular weight is 1490 g/mol. The van der Waals surface area contributed by atoms with Gasteiger partial charge in [-0.15, -0.1) is 34.0 Å². The molecule has 3 aliphatic rings. The molecule has 3 fully saturated rings. The largest absolute Gasteiger partial charge is 0.508 e. The maximum atomic E-state index is 13.9. The lowest BCUT2D eigenvalue weighted by Gasteiger charge is -2.37. The first-order valence-electron chi connectivity index (χ1n) is 34.8. The molecule has 3 saturated heterocycles. The number of hydrogen-bond donors (Lipinski definition) is 3. The Labute approximate surface area is 623 Å². The lowest BCUT2D eigenvalue weighted by atomic mass is 9.95. The molecule has 6 heterocycles. The molecular formula is C85H78ClF4N3O9S3. The monoisotopic (exact) mass is 1490 g/mol. The molecule has 540 valence electrons. The first-order valence-corrected chi connectivity index (χ1v) is 37.7. The van der Waals surface area contributed by atoms with Gasteiger partial charge < -0.3 is 29.5 Å². The molecule has 0 unspecified atom stereocenters. The highest BCUT2D eigenvalue weighted by Crippen LogP contribution is 2.46. The number of carbonyl (C=O) groups is 3. The number of likely N-dealkylation sites (tertiary alicyclic amines) is 3. The first kappa shape index (κ1) is 73.9. The molecule has 9 aromatic carbocycles. The molecule has 0 spiro atoms. The number of fused-ring (bicyclic) bond motifs is 3. The smallest absolute Gasteiger partial charge is 0.203 e. The van der Waals surface area contributed by atoms with E-state index in [1.54, 1.807) is 67.6 Å². The van der Waals surface area contributed by atoms with E-state index in [9.17, 15) is 47.3 Å². The van der Waals surface area contributed by atoms with Crippen molar-refractivity contribution >= 4 is 93.2 Å². The maximum absolute atomic E-state index is 13.9. The van der Waals surface area contributed by atoms with Crippen molar-refractivity contribution < 1.29 is 61.5 Å². The predicted octanol–water partition coefficient (Wildman–Crippen LogP) is 19.4. The molecule has 12 aromatic rings. The molecule has 0 aliphatic carbocycles. The number of carbonyl (C=O) groups excluding carboxylic acids is 3. The Morgan fingerprint density at radius 3 is 1.10 bits per heavy atom. The fourth-order valence-corrected chi connectivity index (χ4v) is 17.4. The minimum Gasteiger partial charge on any atom is -0.508 e. The van der Waals surface area contributed by atoms with Crippen molar-refractivity contribution in [2.45, 2.75) is 27.7 Å². The van der Waals surface area contributed by atoms with Crippen molar-refractivity contribution in [2.24, 2.45) is 17.8 Å². The summed E-state index contributed by atoms with van der Waals surface area (Å²) in [6.07, 6.45) is 0. The van der Waals surface area contributed by atoms with Gasteiger partial charge in [0.15, 0.2) is 0 Å². The zero-order valence-electron chi connectivity index (χ0n) is 58.4. The summed E-state index contributed by atoms with van der Waals surface area (Å²) in [6.45, 7) is 15.6. The van der Waals surface area contributed by atoms with Crippen LogP contribution in [-0.2, 0) is 0 Å². The molecular weight excluding hydrogens is 1410 g/mol. The molecule has 15 rings (SSSR count). The molecule has 0 bridgehead atoms. The van der Waals surface area contributed by atoms with Crippen molar-refractivity contribution in [3.05, 3.63) is 246 Å². The number of phenols is 3.